The van der Waals surface area contributed by atoms with E-state index < -0.39 is 22.2 Å². The van der Waals surface area contributed by atoms with Gasteiger partial charge in [0, 0.05) is 49.3 Å². The van der Waals surface area contributed by atoms with Crippen molar-refractivity contribution < 1.29 is 65.2 Å². The minimum Gasteiger partial charge on any atom is -0.545 e. The number of carbonyl (C=O) groups excluding carboxylic acids is 1. The van der Waals surface area contributed by atoms with Gasteiger partial charge >= 0.3 is 22.5 Å². The number of rotatable bonds is 2. The summed E-state index contributed by atoms with van der Waals surface area (Å²) in [6.07, 6.45) is 2.29. The van der Waals surface area contributed by atoms with E-state index in [1.165, 1.54) is 12.1 Å². The molecule has 1 saturated heterocycles. The van der Waals surface area contributed by atoms with Crippen LogP contribution in [-0.2, 0) is 16.5 Å². The number of carbonyl (C=O) groups is 2. The van der Waals surface area contributed by atoms with Crippen LogP contribution in [-0.4, -0.2) is 66.4 Å². The summed E-state index contributed by atoms with van der Waals surface area (Å²) in [6, 6.07) is 17.4. The Kier molecular flexibility index (Phi) is 22.4. The molecule has 2 aromatic rings. The van der Waals surface area contributed by atoms with Crippen molar-refractivity contribution in [3.8, 4) is 0 Å². The second kappa shape index (κ2) is 22.4. The summed E-state index contributed by atoms with van der Waals surface area (Å²) in [5, 5.41) is 33.1. The van der Waals surface area contributed by atoms with Crippen molar-refractivity contribution in [1.29, 1.82) is 0 Å². The van der Waals surface area contributed by atoms with Gasteiger partial charge in [0.2, 0.25) is 0 Å². The Hall–Kier alpha value is -2.16. The number of benzene rings is 2. The second-order valence-corrected chi connectivity index (χ2v) is 12.2. The van der Waals surface area contributed by atoms with Crippen molar-refractivity contribution >= 4 is 11.9 Å². The fraction of sp³-hybridized carbons (Fsp3) is 0.533. The maximum absolute atomic E-state index is 10.2. The van der Waals surface area contributed by atoms with Gasteiger partial charge in [0.1, 0.15) is 0 Å². The first-order chi connectivity index (χ1) is 19.8. The fourth-order valence-corrected chi connectivity index (χ4v) is 4.41. The first-order valence-corrected chi connectivity index (χ1v) is 15.2. The quantitative estimate of drug-likeness (QED) is 0.220. The Bertz CT molecular complexity index is 961. The zero-order chi connectivity index (χ0) is 33.1. The van der Waals surface area contributed by atoms with Gasteiger partial charge in [-0.05, 0) is 72.1 Å². The minimum absolute atomic E-state index is 0. The summed E-state index contributed by atoms with van der Waals surface area (Å²) in [4.78, 5) is 20.3. The van der Waals surface area contributed by atoms with E-state index >= 15 is 0 Å². The van der Waals surface area contributed by atoms with Crippen LogP contribution in [0.25, 0.3) is 0 Å². The Morgan fingerprint density at radius 2 is 1.02 bits per heavy atom. The molecule has 3 rings (SSSR count). The first-order valence-electron chi connectivity index (χ1n) is 13.9. The molecule has 2 atom stereocenters. The maximum atomic E-state index is 10.2. The van der Waals surface area contributed by atoms with E-state index in [1.807, 2.05) is 0 Å². The van der Waals surface area contributed by atoms with Crippen LogP contribution in [0.3, 0.4) is 0 Å². The monoisotopic (exact) mass is 684 g/mol. The Balaban J connectivity index is 0. The van der Waals surface area contributed by atoms with E-state index in [2.05, 4.69) is 62.8 Å². The summed E-state index contributed by atoms with van der Waals surface area (Å²) in [5.41, 5.74) is 0.928. The molecule has 0 bridgehead atoms. The largest absolute Gasteiger partial charge is 2.00 e. The standard InChI is InChI=1S/C16H36N4.2C7H6O2.ClHO4.Ni/c1-13-11-15(3,4)19-10-8-18-14(2)12-16(5,6)20-9-7-17-13;2*8-7(9)6-4-2-1-3-5-6;2-1(3,4)5;/h13-14,17-20H,7-12H2,1-6H3;2*1-5H,(H,8,9);(H,2,3,4,5);/q;;;;+2/p-2/t13-,14-;;;;/m0..../s1. The summed E-state index contributed by atoms with van der Waals surface area (Å²) >= 11 is 0. The molecule has 1 heterocycles. The number of nitrogens with one attached hydrogen (secondary N) is 4. The van der Waals surface area contributed by atoms with Crippen LogP contribution in [0.4, 0.5) is 0 Å². The van der Waals surface area contributed by atoms with Crippen molar-refractivity contribution in [1.82, 2.24) is 21.3 Å². The number of carboxylic acids is 2. The molecule has 1 aliphatic heterocycles. The number of hydrogen-bond acceptors (Lipinski definition) is 11. The molecule has 1 aliphatic rings. The predicted molar refractivity (Wildman–Crippen MR) is 153 cm³/mol. The van der Waals surface area contributed by atoms with Gasteiger partial charge in [-0.25, -0.2) is 23.4 Å². The fourth-order valence-electron chi connectivity index (χ4n) is 4.41. The predicted octanol–water partition coefficient (Wildman–Crippen LogP) is -1.85. The van der Waals surface area contributed by atoms with Crippen molar-refractivity contribution in [3.05, 3.63) is 71.8 Å². The third-order valence-electron chi connectivity index (χ3n) is 6.11. The molecule has 44 heavy (non-hydrogen) atoms. The van der Waals surface area contributed by atoms with Gasteiger partial charge in [-0.3, -0.25) is 0 Å². The molecule has 1 fully saturated rings. The summed E-state index contributed by atoms with van der Waals surface area (Å²) in [7, 11) is -4.94. The number of carboxylic acid groups (broad SMARTS) is 2. The van der Waals surface area contributed by atoms with Gasteiger partial charge in [-0.2, -0.15) is 0 Å². The van der Waals surface area contributed by atoms with Crippen LogP contribution < -0.4 is 45.0 Å². The minimum atomic E-state index is -4.94. The van der Waals surface area contributed by atoms with Gasteiger partial charge in [-0.15, -0.1) is 10.2 Å². The molecule has 0 spiro atoms. The number of halogens is 1. The average molecular weight is 686 g/mol. The van der Waals surface area contributed by atoms with E-state index in [9.17, 15) is 14.7 Å². The zero-order valence-corrected chi connectivity index (χ0v) is 27.9. The van der Waals surface area contributed by atoms with Gasteiger partial charge in [-0.1, -0.05) is 48.5 Å². The van der Waals surface area contributed by atoms with E-state index in [1.54, 1.807) is 48.5 Å². The van der Waals surface area contributed by atoms with Crippen LogP contribution in [0.5, 0.6) is 0 Å². The third kappa shape index (κ3) is 26.3. The van der Waals surface area contributed by atoms with Crippen molar-refractivity contribution in [2.75, 3.05) is 26.2 Å². The van der Waals surface area contributed by atoms with Gasteiger partial charge in [0.25, 0.3) is 0 Å². The van der Waals surface area contributed by atoms with Gasteiger partial charge in [0.15, 0.2) is 0 Å². The molecular weight excluding hydrogens is 638 g/mol. The van der Waals surface area contributed by atoms with E-state index in [0.29, 0.717) is 17.6 Å². The molecule has 0 saturated carbocycles. The Morgan fingerprint density at radius 3 is 1.27 bits per heavy atom. The first kappa shape index (κ1) is 44.0. The molecule has 5 N–H and O–H groups in total. The van der Waals surface area contributed by atoms with Crippen molar-refractivity contribution in [2.45, 2.75) is 77.5 Å². The molecule has 0 aromatic heterocycles. The van der Waals surface area contributed by atoms with Crippen LogP contribution in [0.2, 0.25) is 0 Å². The normalized spacial score (nSPS) is 20.1. The SMILES string of the molecule is C[C@H]1CC(C)(C)NCCN[C@@H](C)CC(C)(C)NCCN1.O=C(O)c1ccccc1.O=C([O-])c1ccccc1.[Ni+2].[O-][Cl+3]([O-])([O-])[O-]. The summed E-state index contributed by atoms with van der Waals surface area (Å²) < 4.78 is 34.0. The van der Waals surface area contributed by atoms with Crippen molar-refractivity contribution in [3.63, 3.8) is 0 Å². The van der Waals surface area contributed by atoms with E-state index in [4.69, 9.17) is 23.7 Å². The van der Waals surface area contributed by atoms with Crippen molar-refractivity contribution in [2.24, 2.45) is 0 Å². The average Bonchev–Trinajstić information content (AvgIpc) is 2.89. The molecule has 12 nitrogen and oxygen atoms in total. The van der Waals surface area contributed by atoms with Crippen LogP contribution in [0.15, 0.2) is 60.7 Å². The maximum Gasteiger partial charge on any atom is 2.00 e. The summed E-state index contributed by atoms with van der Waals surface area (Å²) in [5.74, 6) is -2.01. The van der Waals surface area contributed by atoms with Crippen LogP contribution in [0.1, 0.15) is 75.1 Å². The smallest absolute Gasteiger partial charge is 0.545 e. The van der Waals surface area contributed by atoms with Crippen LogP contribution >= 0.6 is 0 Å². The molecule has 2 aromatic carbocycles. The second-order valence-electron chi connectivity index (χ2n) is 11.4. The molecule has 0 aliphatic carbocycles. The van der Waals surface area contributed by atoms with Gasteiger partial charge in [0.05, 0.1) is 11.5 Å². The molecule has 0 unspecified atom stereocenters. The van der Waals surface area contributed by atoms with Gasteiger partial charge < -0.3 is 36.3 Å². The molecule has 0 radical (unpaired) electrons. The number of aromatic carboxylic acids is 2. The topological polar surface area (TPSA) is 218 Å². The molecule has 14 heteroatoms. The van der Waals surface area contributed by atoms with E-state index in [-0.39, 0.29) is 33.1 Å². The summed E-state index contributed by atoms with van der Waals surface area (Å²) in [6.45, 7) is 17.8. The molecule has 252 valence electrons. The Labute approximate surface area is 273 Å². The molecule has 0 amide bonds. The third-order valence-corrected chi connectivity index (χ3v) is 6.11. The number of hydrogen-bond donors (Lipinski definition) is 5. The van der Waals surface area contributed by atoms with Crippen LogP contribution in [0, 0.1) is 10.2 Å². The Morgan fingerprint density at radius 1 is 0.705 bits per heavy atom. The van der Waals surface area contributed by atoms with E-state index in [0.717, 1.165) is 39.0 Å². The molecular formula is C30H47ClN4NiO8. The zero-order valence-electron chi connectivity index (χ0n) is 26.2.